The van der Waals surface area contributed by atoms with Gasteiger partial charge in [-0.15, -0.1) is 0 Å². The number of fused-ring (bicyclic) bond motifs is 2. The Morgan fingerprint density at radius 3 is 2.55 bits per heavy atom. The number of nitrogens with zero attached hydrogens (tertiary/aromatic N) is 3. The fraction of sp³-hybridized carbons (Fsp3) is 0.238. The van der Waals surface area contributed by atoms with Crippen molar-refractivity contribution in [2.75, 3.05) is 6.16 Å². The number of aryl methyl sites for hydroxylation is 1. The van der Waals surface area contributed by atoms with Crippen LogP contribution in [0.2, 0.25) is 0 Å². The summed E-state index contributed by atoms with van der Waals surface area (Å²) in [5.41, 5.74) is 3.19. The van der Waals surface area contributed by atoms with E-state index < -0.39 is 31.7 Å². The average Bonchev–Trinajstić information content (AvgIpc) is 3.33. The Morgan fingerprint density at radius 1 is 1.15 bits per heavy atom. The molecule has 12 heteroatoms. The zero-order valence-corrected chi connectivity index (χ0v) is 18.7. The maximum absolute atomic E-state index is 12.6. The highest BCUT2D eigenvalue weighted by Gasteiger charge is 2.29. The van der Waals surface area contributed by atoms with Gasteiger partial charge in [-0.25, -0.2) is 14.8 Å². The molecule has 0 spiro atoms. The van der Waals surface area contributed by atoms with E-state index in [1.165, 1.54) is 6.07 Å². The molecule has 2 aromatic heterocycles. The molecule has 0 radical (unpaired) electrons. The zero-order chi connectivity index (χ0) is 23.9. The predicted molar refractivity (Wildman–Crippen MR) is 120 cm³/mol. The highest BCUT2D eigenvalue weighted by molar-refractivity contribution is 7.51. The van der Waals surface area contributed by atoms with Gasteiger partial charge in [0.2, 0.25) is 0 Å². The van der Waals surface area contributed by atoms with Crippen LogP contribution in [0.3, 0.4) is 0 Å². The second-order valence-corrected chi connectivity index (χ2v) is 9.50. The molecule has 0 bridgehead atoms. The Balaban J connectivity index is 1.63. The van der Waals surface area contributed by atoms with Gasteiger partial charge in [-0.2, -0.15) is 0 Å². The van der Waals surface area contributed by atoms with Crippen molar-refractivity contribution in [2.45, 2.75) is 18.9 Å². The summed E-state index contributed by atoms with van der Waals surface area (Å²) in [4.78, 5) is 54.6. The van der Waals surface area contributed by atoms with Crippen molar-refractivity contribution in [1.29, 1.82) is 0 Å². The van der Waals surface area contributed by atoms with E-state index in [0.29, 0.717) is 16.9 Å². The fourth-order valence-corrected chi connectivity index (χ4v) is 4.42. The van der Waals surface area contributed by atoms with Crippen LogP contribution in [0.5, 0.6) is 0 Å². The number of aromatic amines is 1. The average molecular weight is 471 g/mol. The zero-order valence-electron chi connectivity index (χ0n) is 17.8. The lowest BCUT2D eigenvalue weighted by Crippen LogP contribution is -2.43. The van der Waals surface area contributed by atoms with Crippen LogP contribution in [0.4, 0.5) is 0 Å². The molecular weight excluding hydrogens is 449 g/mol. The third kappa shape index (κ3) is 4.65. The molecule has 0 aliphatic carbocycles. The van der Waals surface area contributed by atoms with E-state index in [1.807, 2.05) is 35.8 Å². The number of carbonyl (C=O) groups excluding carboxylic acids is 1. The van der Waals surface area contributed by atoms with Gasteiger partial charge in [-0.3, -0.25) is 9.36 Å². The number of nitrogens with one attached hydrogen (secondary N) is 2. The van der Waals surface area contributed by atoms with Crippen molar-refractivity contribution in [2.24, 2.45) is 7.05 Å². The van der Waals surface area contributed by atoms with Crippen molar-refractivity contribution in [3.63, 3.8) is 0 Å². The molecule has 5 N–H and O–H groups in total. The summed E-state index contributed by atoms with van der Waals surface area (Å²) in [7, 11) is -2.83. The number of rotatable bonds is 7. The molecule has 1 amide bonds. The first-order valence-corrected chi connectivity index (χ1v) is 11.8. The van der Waals surface area contributed by atoms with Crippen molar-refractivity contribution in [3.8, 4) is 0 Å². The number of imidazole rings is 2. The van der Waals surface area contributed by atoms with Crippen LogP contribution < -0.4 is 5.32 Å². The molecule has 2 aromatic carbocycles. The van der Waals surface area contributed by atoms with E-state index in [2.05, 4.69) is 20.3 Å². The lowest BCUT2D eigenvalue weighted by Gasteiger charge is -2.15. The van der Waals surface area contributed by atoms with Crippen LogP contribution in [0, 0.1) is 0 Å². The summed E-state index contributed by atoms with van der Waals surface area (Å²) in [5.74, 6) is -1.01. The lowest BCUT2D eigenvalue weighted by atomic mass is 10.1. The van der Waals surface area contributed by atoms with Gasteiger partial charge in [0, 0.05) is 12.6 Å². The SMILES string of the molecule is CC(c1nc2ccccc2[nH]1)c1nc2ccc(C(=O)NC(CP(=O)(O)O)C(=O)O)cc2n1C. The molecule has 33 heavy (non-hydrogen) atoms. The van der Waals surface area contributed by atoms with Crippen LogP contribution in [0.25, 0.3) is 22.1 Å². The number of carboxylic acids is 1. The van der Waals surface area contributed by atoms with E-state index in [9.17, 15) is 19.3 Å². The normalized spacial score (nSPS) is 13.8. The third-order valence-corrected chi connectivity index (χ3v) is 6.25. The summed E-state index contributed by atoms with van der Waals surface area (Å²) in [5, 5.41) is 11.4. The molecule has 2 atom stereocenters. The summed E-state index contributed by atoms with van der Waals surface area (Å²) in [6.07, 6.45) is -0.999. The molecular formula is C21H22N5O6P. The first kappa shape index (κ1) is 22.7. The van der Waals surface area contributed by atoms with Crippen molar-refractivity contribution >= 4 is 41.5 Å². The smallest absolute Gasteiger partial charge is 0.328 e. The van der Waals surface area contributed by atoms with Gasteiger partial charge in [0.15, 0.2) is 0 Å². The number of aliphatic carboxylic acids is 1. The van der Waals surface area contributed by atoms with E-state index in [0.717, 1.165) is 16.9 Å². The molecule has 0 saturated carbocycles. The number of hydrogen-bond acceptors (Lipinski definition) is 5. The van der Waals surface area contributed by atoms with Crippen LogP contribution in [-0.2, 0) is 16.4 Å². The minimum Gasteiger partial charge on any atom is -0.480 e. The first-order chi connectivity index (χ1) is 15.5. The van der Waals surface area contributed by atoms with E-state index in [4.69, 9.17) is 9.79 Å². The Kier molecular flexibility index (Phi) is 5.79. The van der Waals surface area contributed by atoms with Gasteiger partial charge in [-0.05, 0) is 37.3 Å². The molecule has 0 saturated heterocycles. The molecule has 2 unspecified atom stereocenters. The van der Waals surface area contributed by atoms with Crippen molar-refractivity contribution < 1.29 is 29.0 Å². The molecule has 11 nitrogen and oxygen atoms in total. The molecule has 2 heterocycles. The van der Waals surface area contributed by atoms with Gasteiger partial charge in [0.1, 0.15) is 17.7 Å². The largest absolute Gasteiger partial charge is 0.480 e. The molecule has 0 fully saturated rings. The molecule has 172 valence electrons. The number of para-hydroxylation sites is 2. The number of carbonyl (C=O) groups is 2. The van der Waals surface area contributed by atoms with Gasteiger partial charge < -0.3 is 29.8 Å². The number of aromatic nitrogens is 4. The topological polar surface area (TPSA) is 170 Å². The Morgan fingerprint density at radius 2 is 1.88 bits per heavy atom. The van der Waals surface area contributed by atoms with Gasteiger partial charge >= 0.3 is 13.6 Å². The number of amides is 1. The van der Waals surface area contributed by atoms with Crippen LogP contribution in [-0.4, -0.2) is 58.5 Å². The van der Waals surface area contributed by atoms with Crippen LogP contribution in [0.15, 0.2) is 42.5 Å². The maximum atomic E-state index is 12.6. The quantitative estimate of drug-likeness (QED) is 0.255. The van der Waals surface area contributed by atoms with Crippen LogP contribution >= 0.6 is 7.60 Å². The number of H-pyrrole nitrogens is 1. The van der Waals surface area contributed by atoms with Crippen molar-refractivity contribution in [3.05, 3.63) is 59.7 Å². The molecule has 4 aromatic rings. The number of carboxylic acid groups (broad SMARTS) is 1. The van der Waals surface area contributed by atoms with E-state index >= 15 is 0 Å². The summed E-state index contributed by atoms with van der Waals surface area (Å²) >= 11 is 0. The minimum absolute atomic E-state index is 0.144. The monoisotopic (exact) mass is 471 g/mol. The Bertz CT molecular complexity index is 1390. The van der Waals surface area contributed by atoms with E-state index in [1.54, 1.807) is 19.2 Å². The van der Waals surface area contributed by atoms with Gasteiger partial charge in [0.05, 0.1) is 34.1 Å². The summed E-state index contributed by atoms with van der Waals surface area (Å²) in [6, 6.07) is 10.6. The predicted octanol–water partition coefficient (Wildman–Crippen LogP) is 1.96. The van der Waals surface area contributed by atoms with Crippen molar-refractivity contribution in [1.82, 2.24) is 24.8 Å². The molecule has 4 rings (SSSR count). The second-order valence-electron chi connectivity index (χ2n) is 7.80. The lowest BCUT2D eigenvalue weighted by molar-refractivity contribution is -0.138. The molecule has 0 aliphatic heterocycles. The number of benzene rings is 2. The Labute approximate surface area is 187 Å². The summed E-state index contributed by atoms with van der Waals surface area (Å²) in [6.45, 7) is 1.96. The standard InChI is InChI=1S/C21H22N5O6P/c1-11(18-22-13-5-3-4-6-14(13)23-18)19-24-15-8-7-12(9-17(15)26(19)2)20(27)25-16(21(28)29)10-33(30,31)32/h3-9,11,16H,10H2,1-2H3,(H,22,23)(H,25,27)(H,28,29)(H2,30,31,32). The fourth-order valence-electron chi connectivity index (χ4n) is 3.70. The van der Waals surface area contributed by atoms with Gasteiger partial charge in [0.25, 0.3) is 5.91 Å². The van der Waals surface area contributed by atoms with Gasteiger partial charge in [-0.1, -0.05) is 12.1 Å². The second kappa shape index (κ2) is 8.43. The first-order valence-electron chi connectivity index (χ1n) is 10.0. The van der Waals surface area contributed by atoms with Crippen LogP contribution in [0.1, 0.15) is 34.8 Å². The highest BCUT2D eigenvalue weighted by Crippen LogP contribution is 2.35. The number of hydrogen-bond donors (Lipinski definition) is 5. The highest BCUT2D eigenvalue weighted by atomic mass is 31.2. The maximum Gasteiger partial charge on any atom is 0.328 e. The van der Waals surface area contributed by atoms with E-state index in [-0.39, 0.29) is 11.5 Å². The molecule has 0 aliphatic rings. The summed E-state index contributed by atoms with van der Waals surface area (Å²) < 4.78 is 13.0. The third-order valence-electron chi connectivity index (χ3n) is 5.41. The minimum atomic E-state index is -4.64. The Hall–Kier alpha value is -3.53.